The van der Waals surface area contributed by atoms with Gasteiger partial charge in [-0.1, -0.05) is 109 Å². The molecule has 0 spiro atoms. The summed E-state index contributed by atoms with van der Waals surface area (Å²) in [7, 11) is 1.24. The van der Waals surface area contributed by atoms with Crippen LogP contribution in [-0.2, 0) is 31.3 Å². The number of hydrogen-bond acceptors (Lipinski definition) is 14. The van der Waals surface area contributed by atoms with Crippen molar-refractivity contribution in [3.05, 3.63) is 178 Å². The zero-order valence-electron chi connectivity index (χ0n) is 40.3. The Morgan fingerprint density at radius 3 is 1.19 bits per heavy atom. The number of methoxy groups -OCH3 is 4. The third-order valence-corrected chi connectivity index (χ3v) is 16.4. The van der Waals surface area contributed by atoms with Gasteiger partial charge in [0.05, 0.1) is 28.4 Å². The average Bonchev–Trinajstić information content (AvgIpc) is 4.14. The van der Waals surface area contributed by atoms with Gasteiger partial charge in [0.15, 0.2) is 46.3 Å². The molecule has 17 heteroatoms. The Hall–Kier alpha value is -8.96. The van der Waals surface area contributed by atoms with E-state index in [1.165, 1.54) is 0 Å². The van der Waals surface area contributed by atoms with Crippen LogP contribution < -0.4 is 29.9 Å². The Bertz CT molecular complexity index is 3650. The van der Waals surface area contributed by atoms with Crippen molar-refractivity contribution in [2.45, 2.75) is 38.5 Å². The Morgan fingerprint density at radius 2 is 0.795 bits per heavy atom. The van der Waals surface area contributed by atoms with Gasteiger partial charge < -0.3 is 27.8 Å². The topological polar surface area (TPSA) is 174 Å². The van der Waals surface area contributed by atoms with E-state index in [4.69, 9.17) is 57.8 Å². The molecule has 16 nitrogen and oxygen atoms in total. The number of hydrogen-bond donors (Lipinski definition) is 0. The van der Waals surface area contributed by atoms with Gasteiger partial charge >= 0.3 is 8.88 Å². The van der Waals surface area contributed by atoms with Crippen molar-refractivity contribution in [1.29, 1.82) is 0 Å². The first-order valence-electron chi connectivity index (χ1n) is 23.9. The van der Waals surface area contributed by atoms with E-state index in [0.717, 1.165) is 33.4 Å². The van der Waals surface area contributed by atoms with E-state index in [0.29, 0.717) is 116 Å². The minimum atomic E-state index is -5.10. The summed E-state index contributed by atoms with van der Waals surface area (Å²) in [5, 5.41) is 2.58. The maximum atomic E-state index is 15.3. The lowest BCUT2D eigenvalue weighted by molar-refractivity contribution is -0.142. The summed E-state index contributed by atoms with van der Waals surface area (Å²) in [6.45, 7) is 0. The molecular weight excluding hydrogens is 941 g/mol. The molecule has 0 atom stereocenters. The van der Waals surface area contributed by atoms with Gasteiger partial charge in [-0.25, -0.2) is 30.0 Å². The zero-order chi connectivity index (χ0) is 49.8. The van der Waals surface area contributed by atoms with Crippen LogP contribution in [0.1, 0.15) is 59.1 Å². The van der Waals surface area contributed by atoms with Crippen LogP contribution in [0.5, 0.6) is 23.0 Å². The predicted octanol–water partition coefficient (Wildman–Crippen LogP) is 8.54. The maximum Gasteiger partial charge on any atom is 0.742 e. The van der Waals surface area contributed by atoms with Gasteiger partial charge in [-0.2, -0.15) is 0 Å². The minimum absolute atomic E-state index is 0.0650. The first-order valence-corrected chi connectivity index (χ1v) is 25.6. The number of carbonyl (C=O) groups is 2. The van der Waals surface area contributed by atoms with Gasteiger partial charge in [0, 0.05) is 56.6 Å². The third kappa shape index (κ3) is 7.67. The molecule has 362 valence electrons. The number of benzene rings is 6. The smallest absolute Gasteiger partial charge is 0.493 e. The SMILES string of the molecule is COc1ccc(CCCC(=O)O[Si]2(OC(=O)CCCc3ccc(OC)c(OC)c3)n3c4c5ccccc5c3N=C3N=C(N=c5c6ccccc6c(n52)=NC2=NC(=N4)c4ccccc42)c2ccccc23)cc1OC. The highest BCUT2D eigenvalue weighted by atomic mass is 28.4. The molecule has 2 aromatic heterocycles. The first-order chi connectivity index (χ1) is 35.8. The van der Waals surface area contributed by atoms with Gasteiger partial charge in [-0.05, 0) is 61.1 Å². The molecule has 0 fully saturated rings. The fraction of sp³-hybridized carbons (Fsp3) is 0.179. The fourth-order valence-electron chi connectivity index (χ4n) is 9.98. The predicted molar refractivity (Wildman–Crippen MR) is 278 cm³/mol. The second kappa shape index (κ2) is 18.3. The highest BCUT2D eigenvalue weighted by Crippen LogP contribution is 2.44. The molecule has 6 heterocycles. The molecule has 0 unspecified atom stereocenters. The Balaban J connectivity index is 1.12. The van der Waals surface area contributed by atoms with Gasteiger partial charge in [-0.3, -0.25) is 18.1 Å². The highest BCUT2D eigenvalue weighted by molar-refractivity contribution is 6.69. The van der Waals surface area contributed by atoms with Crippen LogP contribution in [0.15, 0.2) is 163 Å². The van der Waals surface area contributed by atoms with Crippen LogP contribution in [0, 0.1) is 0 Å². The van der Waals surface area contributed by atoms with E-state index < -0.39 is 20.8 Å². The van der Waals surface area contributed by atoms with Crippen LogP contribution in [-0.4, -0.2) is 81.1 Å². The molecule has 0 radical (unpaired) electrons. The lowest BCUT2D eigenvalue weighted by Crippen LogP contribution is -2.65. The van der Waals surface area contributed by atoms with Crippen LogP contribution in [0.25, 0.3) is 21.5 Å². The summed E-state index contributed by atoms with van der Waals surface area (Å²) in [6.07, 6.45) is 1.60. The minimum Gasteiger partial charge on any atom is -0.493 e. The molecule has 73 heavy (non-hydrogen) atoms. The van der Waals surface area contributed by atoms with Crippen LogP contribution in [0.3, 0.4) is 0 Å². The van der Waals surface area contributed by atoms with Crippen molar-refractivity contribution in [3.63, 3.8) is 0 Å². The van der Waals surface area contributed by atoms with E-state index in [2.05, 4.69) is 0 Å². The van der Waals surface area contributed by atoms with Gasteiger partial charge in [0.1, 0.15) is 22.6 Å². The fourth-order valence-corrected chi connectivity index (χ4v) is 13.1. The number of nitrogens with zero attached hydrogens (tertiary/aromatic N) is 8. The molecule has 4 aliphatic rings. The summed E-state index contributed by atoms with van der Waals surface area (Å²) in [4.78, 5) is 62.4. The van der Waals surface area contributed by atoms with Crippen molar-refractivity contribution >= 4 is 77.3 Å². The molecule has 8 aromatic rings. The van der Waals surface area contributed by atoms with Gasteiger partial charge in [0.25, 0.3) is 11.9 Å². The number of fused-ring (bicyclic) bond motifs is 14. The second-order valence-electron chi connectivity index (χ2n) is 17.7. The van der Waals surface area contributed by atoms with Crippen LogP contribution in [0.2, 0.25) is 0 Å². The molecule has 6 bridgehead atoms. The Labute approximate surface area is 419 Å². The molecule has 0 N–H and O–H groups in total. The third-order valence-electron chi connectivity index (χ3n) is 13.4. The average molecular weight is 987 g/mol. The maximum absolute atomic E-state index is 15.3. The number of ether oxygens (including phenoxy) is 4. The number of carbonyl (C=O) groups excluding carboxylic acids is 2. The molecule has 0 saturated heterocycles. The Morgan fingerprint density at radius 1 is 0.425 bits per heavy atom. The molecular formula is C56H46N8O8Si. The zero-order valence-corrected chi connectivity index (χ0v) is 41.3. The van der Waals surface area contributed by atoms with Crippen LogP contribution >= 0.6 is 0 Å². The molecule has 0 saturated carbocycles. The summed E-state index contributed by atoms with van der Waals surface area (Å²) >= 11 is 0. The van der Waals surface area contributed by atoms with Crippen molar-refractivity contribution in [1.82, 2.24) is 8.47 Å². The first kappa shape index (κ1) is 45.2. The number of rotatable bonds is 14. The highest BCUT2D eigenvalue weighted by Gasteiger charge is 2.59. The Kier molecular flexibility index (Phi) is 11.3. The summed E-state index contributed by atoms with van der Waals surface area (Å²) in [5.74, 6) is 3.18. The number of aliphatic imine (C=N–C) groups is 4. The van der Waals surface area contributed by atoms with E-state index in [1.807, 2.05) is 133 Å². The van der Waals surface area contributed by atoms with Gasteiger partial charge in [0.2, 0.25) is 0 Å². The van der Waals surface area contributed by atoms with Gasteiger partial charge in [-0.15, -0.1) is 0 Å². The summed E-state index contributed by atoms with van der Waals surface area (Å²) in [6, 6.07) is 42.2. The molecule has 4 aliphatic heterocycles. The lowest BCUT2D eigenvalue weighted by atomic mass is 10.1. The monoisotopic (exact) mass is 986 g/mol. The lowest BCUT2D eigenvalue weighted by Gasteiger charge is -2.32. The second-order valence-corrected chi connectivity index (χ2v) is 20.1. The quantitative estimate of drug-likeness (QED) is 0.0975. The van der Waals surface area contributed by atoms with Crippen LogP contribution in [0.4, 0.5) is 11.6 Å². The molecule has 12 rings (SSSR count). The van der Waals surface area contributed by atoms with E-state index >= 15 is 9.59 Å². The largest absolute Gasteiger partial charge is 0.742 e. The van der Waals surface area contributed by atoms with Crippen molar-refractivity contribution in [3.8, 4) is 23.0 Å². The number of aryl methyl sites for hydroxylation is 2. The van der Waals surface area contributed by atoms with E-state index in [9.17, 15) is 0 Å². The summed E-state index contributed by atoms with van der Waals surface area (Å²) < 4.78 is 40.0. The molecule has 0 aliphatic carbocycles. The van der Waals surface area contributed by atoms with Crippen molar-refractivity contribution in [2.75, 3.05) is 28.4 Å². The van der Waals surface area contributed by atoms with Crippen molar-refractivity contribution < 1.29 is 37.4 Å². The normalized spacial score (nSPS) is 14.3. The standard InChI is InChI=1S/C56H46N8O8Si/c1-67-43-29-27-33(31-45(43)69-3)15-13-25-47(65)71-73(72-48(66)26-14-16-34-28-30-44(68-2)46(32-34)70-4)63-53-39-21-9-10-22-40(39)55(63)61-51-37-19-7-8-20-38(37)52(58-51)62-56-42-24-12-11-23-41(42)54(64(56)73)60-50-36-18-6-5-17-35(36)49(57-50)59-53/h5-12,17-24,27-32H,13-16,25-26H2,1-4H3. The molecule has 6 aromatic carbocycles. The van der Waals surface area contributed by atoms with E-state index in [1.54, 1.807) is 36.9 Å². The van der Waals surface area contributed by atoms with Crippen molar-refractivity contribution in [2.24, 2.45) is 30.0 Å². The number of amidine groups is 4. The molecule has 0 amide bonds. The van der Waals surface area contributed by atoms with E-state index in [-0.39, 0.29) is 12.8 Å². The summed E-state index contributed by atoms with van der Waals surface area (Å²) in [5.41, 5.74) is 5.45. The number of aromatic nitrogens is 2.